The van der Waals surface area contributed by atoms with Gasteiger partial charge in [0.2, 0.25) is 0 Å². The smallest absolute Gasteiger partial charge is 0.149 e. The van der Waals surface area contributed by atoms with Gasteiger partial charge in [0.05, 0.1) is 23.8 Å². The summed E-state index contributed by atoms with van der Waals surface area (Å²) in [5.74, 6) is 0. The molecule has 0 aliphatic heterocycles. The predicted molar refractivity (Wildman–Crippen MR) is 84.5 cm³/mol. The molecule has 0 unspecified atom stereocenters. The summed E-state index contributed by atoms with van der Waals surface area (Å²) in [5, 5.41) is 2.24. The van der Waals surface area contributed by atoms with Crippen LogP contribution in [-0.4, -0.2) is 29.5 Å². The van der Waals surface area contributed by atoms with E-state index >= 15 is 0 Å². The molecule has 0 saturated carbocycles. The topological polar surface area (TPSA) is 51.6 Å². The van der Waals surface area contributed by atoms with Gasteiger partial charge in [0.15, 0.2) is 0 Å². The second-order valence-corrected chi connectivity index (χ2v) is 5.62. The third kappa shape index (κ3) is 3.90. The second kappa shape index (κ2) is 6.67. The minimum Gasteiger partial charge on any atom is -0.262 e. The first-order chi connectivity index (χ1) is 10.4. The molecule has 0 spiro atoms. The summed E-state index contributed by atoms with van der Waals surface area (Å²) < 4.78 is 0. The number of nitrogens with zero attached hydrogens (tertiary/aromatic N) is 4. The first-order valence-corrected chi connectivity index (χ1v) is 7.48. The summed E-state index contributed by atoms with van der Waals surface area (Å²) >= 11 is 0. The Labute approximate surface area is 125 Å². The second-order valence-electron chi connectivity index (χ2n) is 4.28. The number of rotatable bonds is 4. The van der Waals surface area contributed by atoms with E-state index in [9.17, 15) is 0 Å². The highest BCUT2D eigenvalue weighted by Gasteiger charge is 1.99. The lowest BCUT2D eigenvalue weighted by Crippen LogP contribution is -2.29. The molecule has 0 atom stereocenters. The lowest BCUT2D eigenvalue weighted by molar-refractivity contribution is 1.18. The summed E-state index contributed by atoms with van der Waals surface area (Å²) in [4.78, 5) is 17.0. The Kier molecular flexibility index (Phi) is 4.23. The summed E-state index contributed by atoms with van der Waals surface area (Å²) in [6.07, 6.45) is 12.4. The molecular weight excluding hydrogens is 276 g/mol. The van der Waals surface area contributed by atoms with Crippen LogP contribution in [0, 0.1) is 0 Å². The summed E-state index contributed by atoms with van der Waals surface area (Å²) in [6, 6.07) is 10.3. The van der Waals surface area contributed by atoms with Gasteiger partial charge < -0.3 is 0 Å². The first kappa shape index (κ1) is 13.3. The monoisotopic (exact) mass is 288 g/mol. The zero-order chi connectivity index (χ0) is 14.3. The molecule has 0 saturated heterocycles. The largest absolute Gasteiger partial charge is 0.262 e. The SMILES string of the molecule is C(=C\c1cnc([Si]c2ccccc2)cn1)/c1cnccn1. The van der Waals surface area contributed by atoms with Gasteiger partial charge >= 0.3 is 0 Å². The van der Waals surface area contributed by atoms with Crippen LogP contribution in [0.1, 0.15) is 11.4 Å². The number of benzene rings is 1. The minimum absolute atomic E-state index is 0.528. The van der Waals surface area contributed by atoms with Gasteiger partial charge in [-0.25, -0.2) is 0 Å². The maximum Gasteiger partial charge on any atom is 0.149 e. The number of hydrogen-bond donors (Lipinski definition) is 0. The number of aromatic nitrogens is 4. The van der Waals surface area contributed by atoms with Crippen LogP contribution >= 0.6 is 0 Å². The zero-order valence-electron chi connectivity index (χ0n) is 11.2. The van der Waals surface area contributed by atoms with Crippen LogP contribution in [0.3, 0.4) is 0 Å². The Morgan fingerprint density at radius 3 is 2.24 bits per heavy atom. The van der Waals surface area contributed by atoms with Crippen molar-refractivity contribution in [3.63, 3.8) is 0 Å². The molecule has 0 N–H and O–H groups in total. The third-order valence-electron chi connectivity index (χ3n) is 2.73. The van der Waals surface area contributed by atoms with Gasteiger partial charge in [-0.05, 0) is 12.2 Å². The van der Waals surface area contributed by atoms with Crippen LogP contribution in [0.25, 0.3) is 12.2 Å². The molecule has 1 aromatic carbocycles. The maximum absolute atomic E-state index is 4.45. The molecule has 5 heteroatoms. The van der Waals surface area contributed by atoms with Gasteiger partial charge in [-0.3, -0.25) is 19.9 Å². The fraction of sp³-hybridized carbons (Fsp3) is 0. The molecule has 21 heavy (non-hydrogen) atoms. The Morgan fingerprint density at radius 1 is 0.762 bits per heavy atom. The van der Waals surface area contributed by atoms with E-state index in [4.69, 9.17) is 0 Å². The summed E-state index contributed by atoms with van der Waals surface area (Å²) in [6.45, 7) is 0. The first-order valence-electron chi connectivity index (χ1n) is 6.48. The molecule has 4 nitrogen and oxygen atoms in total. The van der Waals surface area contributed by atoms with E-state index in [0.717, 1.165) is 16.7 Å². The highest BCUT2D eigenvalue weighted by molar-refractivity contribution is 6.66. The van der Waals surface area contributed by atoms with Crippen molar-refractivity contribution in [2.75, 3.05) is 0 Å². The molecule has 2 radical (unpaired) electrons. The molecule has 2 aromatic heterocycles. The van der Waals surface area contributed by atoms with Gasteiger partial charge in [-0.2, -0.15) is 0 Å². The molecule has 0 bridgehead atoms. The molecule has 0 aliphatic carbocycles. The summed E-state index contributed by atoms with van der Waals surface area (Å²) in [5.41, 5.74) is 1.61. The fourth-order valence-corrected chi connectivity index (χ4v) is 2.64. The van der Waals surface area contributed by atoms with Crippen molar-refractivity contribution in [1.29, 1.82) is 0 Å². The summed E-state index contributed by atoms with van der Waals surface area (Å²) in [7, 11) is 0.528. The molecular formula is C16H12N4Si. The van der Waals surface area contributed by atoms with Crippen molar-refractivity contribution in [1.82, 2.24) is 19.9 Å². The fourth-order valence-electron chi connectivity index (χ4n) is 1.73. The van der Waals surface area contributed by atoms with E-state index in [1.165, 1.54) is 5.19 Å². The standard InChI is InChI=1S/C16H12N4Si/c1-2-4-15(5-3-1)21-16-12-19-14(11-20-16)7-6-13-10-17-8-9-18-13/h1-12H/b7-6+. The van der Waals surface area contributed by atoms with Crippen LogP contribution in [-0.2, 0) is 0 Å². The molecule has 0 fully saturated rings. The predicted octanol–water partition coefficient (Wildman–Crippen LogP) is 1.09. The minimum atomic E-state index is 0.528. The third-order valence-corrected chi connectivity index (χ3v) is 3.86. The van der Waals surface area contributed by atoms with E-state index < -0.39 is 0 Å². The maximum atomic E-state index is 4.45. The zero-order valence-corrected chi connectivity index (χ0v) is 12.2. The van der Waals surface area contributed by atoms with Gasteiger partial charge in [-0.1, -0.05) is 35.5 Å². The van der Waals surface area contributed by atoms with E-state index in [2.05, 4.69) is 32.1 Å². The van der Waals surface area contributed by atoms with Crippen LogP contribution in [0.4, 0.5) is 0 Å². The van der Waals surface area contributed by atoms with E-state index in [1.807, 2.05) is 36.5 Å². The van der Waals surface area contributed by atoms with Crippen LogP contribution < -0.4 is 10.5 Å². The molecule has 3 aromatic rings. The molecule has 3 rings (SSSR count). The average Bonchev–Trinajstić information content (AvgIpc) is 2.56. The van der Waals surface area contributed by atoms with Gasteiger partial charge in [0.1, 0.15) is 9.52 Å². The lowest BCUT2D eigenvalue weighted by Gasteiger charge is -1.99. The van der Waals surface area contributed by atoms with Gasteiger partial charge in [-0.15, -0.1) is 0 Å². The average molecular weight is 288 g/mol. The Hall–Kier alpha value is -2.66. The molecule has 0 amide bonds. The highest BCUT2D eigenvalue weighted by atomic mass is 28.2. The van der Waals surface area contributed by atoms with E-state index in [1.54, 1.807) is 24.8 Å². The normalized spacial score (nSPS) is 10.9. The molecule has 100 valence electrons. The number of hydrogen-bond acceptors (Lipinski definition) is 4. The van der Waals surface area contributed by atoms with Crippen LogP contribution in [0.5, 0.6) is 0 Å². The van der Waals surface area contributed by atoms with Gasteiger partial charge in [0, 0.05) is 23.9 Å². The Bertz CT molecular complexity index is 712. The lowest BCUT2D eigenvalue weighted by atomic mass is 10.3. The van der Waals surface area contributed by atoms with Crippen molar-refractivity contribution in [2.45, 2.75) is 0 Å². The van der Waals surface area contributed by atoms with E-state index in [-0.39, 0.29) is 0 Å². The quantitative estimate of drug-likeness (QED) is 0.674. The highest BCUT2D eigenvalue weighted by Crippen LogP contribution is 1.99. The Balaban J connectivity index is 1.68. The van der Waals surface area contributed by atoms with Gasteiger partial charge in [0.25, 0.3) is 0 Å². The van der Waals surface area contributed by atoms with Crippen molar-refractivity contribution < 1.29 is 0 Å². The molecule has 0 aliphatic rings. The van der Waals surface area contributed by atoms with Crippen LogP contribution in [0.2, 0.25) is 0 Å². The molecule has 2 heterocycles. The van der Waals surface area contributed by atoms with Crippen molar-refractivity contribution in [3.8, 4) is 0 Å². The van der Waals surface area contributed by atoms with Crippen molar-refractivity contribution >= 4 is 32.2 Å². The van der Waals surface area contributed by atoms with Crippen molar-refractivity contribution in [2.24, 2.45) is 0 Å². The van der Waals surface area contributed by atoms with E-state index in [0.29, 0.717) is 9.52 Å². The van der Waals surface area contributed by atoms with Crippen LogP contribution in [0.15, 0.2) is 61.3 Å². The van der Waals surface area contributed by atoms with Crippen molar-refractivity contribution in [3.05, 3.63) is 72.7 Å². The Morgan fingerprint density at radius 2 is 1.57 bits per heavy atom.